The molecule has 8 bridgehead atoms. The molecule has 0 radical (unpaired) electrons. The number of amides is 2. The summed E-state index contributed by atoms with van der Waals surface area (Å²) in [7, 11) is 0. The summed E-state index contributed by atoms with van der Waals surface area (Å²) < 4.78 is 0. The highest BCUT2D eigenvalue weighted by Gasteiger charge is 2.42. The second-order valence-electron chi connectivity index (χ2n) is 10.2. The number of nitrogens with zero attached hydrogens (tertiary/aromatic N) is 2. The number of H-pyrrole nitrogens is 2. The van der Waals surface area contributed by atoms with E-state index in [2.05, 4.69) is 60.9 Å². The van der Waals surface area contributed by atoms with Crippen LogP contribution in [0.5, 0.6) is 0 Å². The molecule has 9 nitrogen and oxygen atoms in total. The monoisotopic (exact) mass is 554 g/mol. The predicted molar refractivity (Wildman–Crippen MR) is 160 cm³/mol. The highest BCUT2D eigenvalue weighted by atomic mass is 32.2. The molecule has 7 heterocycles. The zero-order valence-electron chi connectivity index (χ0n) is 21.8. The lowest BCUT2D eigenvalue weighted by molar-refractivity contribution is -0.137. The third kappa shape index (κ3) is 6.28. The van der Waals surface area contributed by atoms with Crippen LogP contribution in [0.15, 0.2) is 48.5 Å². The zero-order valence-corrected chi connectivity index (χ0v) is 22.6. The van der Waals surface area contributed by atoms with Crippen molar-refractivity contribution in [2.45, 2.75) is 43.0 Å². The number of hydrogen-bond donors (Lipinski definition) is 5. The molecule has 40 heavy (non-hydrogen) atoms. The second kappa shape index (κ2) is 11.4. The molecule has 3 atom stereocenters. The minimum atomic E-state index is -0.729. The number of carboxylic acid groups (broad SMARTS) is 1. The number of nitrogens with one attached hydrogen (secondary N) is 4. The standard InChI is InChI=1S/C20H14N4.C10H16N2O3S/c1-2-14-10-16-5-6-18(23-16)12-20-8-7-19(24-20)11-17-4-3-15(22-17)9-13(1)21-14;13-8(14)4-2-1-3-7-9-6(5-16-7)11-10(15)12-9/h1-12,21-22H;6-7,9H,1-5H2,(H,13,14)(H2,11,12,15)/t;6-,7-,9-/m.0/s1. The molecule has 2 fully saturated rings. The fourth-order valence-electron chi connectivity index (χ4n) is 5.21. The molecule has 204 valence electrons. The molecule has 3 aromatic rings. The van der Waals surface area contributed by atoms with Crippen molar-refractivity contribution in [1.29, 1.82) is 0 Å². The average molecular weight is 555 g/mol. The number of fused-ring (bicyclic) bond motifs is 9. The molecule has 3 aromatic heterocycles. The Kier molecular flexibility index (Phi) is 7.41. The smallest absolute Gasteiger partial charge is 0.315 e. The van der Waals surface area contributed by atoms with Crippen LogP contribution in [0, 0.1) is 0 Å². The fraction of sp³-hybridized carbons (Fsp3) is 0.267. The number of urea groups is 1. The first-order valence-electron chi connectivity index (χ1n) is 13.4. The highest BCUT2D eigenvalue weighted by Crippen LogP contribution is 2.33. The van der Waals surface area contributed by atoms with E-state index in [9.17, 15) is 9.59 Å². The van der Waals surface area contributed by atoms with Gasteiger partial charge < -0.3 is 25.7 Å². The van der Waals surface area contributed by atoms with Gasteiger partial charge in [0.25, 0.3) is 0 Å². The normalized spacial score (nSPS) is 20.4. The third-order valence-corrected chi connectivity index (χ3v) is 8.62. The maximum Gasteiger partial charge on any atom is 0.315 e. The fourth-order valence-corrected chi connectivity index (χ4v) is 6.75. The Morgan fingerprint density at radius 3 is 1.93 bits per heavy atom. The number of aromatic amines is 2. The van der Waals surface area contributed by atoms with Crippen molar-refractivity contribution in [2.24, 2.45) is 0 Å². The molecule has 7 rings (SSSR count). The van der Waals surface area contributed by atoms with Crippen LogP contribution in [0.25, 0.3) is 46.4 Å². The molecular formula is C30H30N6O3S. The Morgan fingerprint density at radius 1 is 0.800 bits per heavy atom. The van der Waals surface area contributed by atoms with Crippen molar-refractivity contribution in [3.63, 3.8) is 0 Å². The van der Waals surface area contributed by atoms with Gasteiger partial charge in [-0.25, -0.2) is 14.8 Å². The van der Waals surface area contributed by atoms with Gasteiger partial charge in [-0.05, 0) is 85.7 Å². The molecular weight excluding hydrogens is 524 g/mol. The van der Waals surface area contributed by atoms with E-state index in [-0.39, 0.29) is 24.5 Å². The lowest BCUT2D eigenvalue weighted by atomic mass is 10.0. The van der Waals surface area contributed by atoms with Crippen molar-refractivity contribution in [1.82, 2.24) is 30.6 Å². The summed E-state index contributed by atoms with van der Waals surface area (Å²) in [6, 6.07) is 16.8. The first-order chi connectivity index (χ1) is 19.5. The molecule has 5 N–H and O–H groups in total. The minimum Gasteiger partial charge on any atom is -0.481 e. The number of thioether (sulfide) groups is 1. The number of carbonyl (C=O) groups excluding carboxylic acids is 1. The van der Waals surface area contributed by atoms with E-state index >= 15 is 0 Å². The van der Waals surface area contributed by atoms with Gasteiger partial charge in [-0.15, -0.1) is 0 Å². The number of unbranched alkanes of at least 4 members (excludes halogenated alkanes) is 1. The van der Waals surface area contributed by atoms with Gasteiger partial charge in [0.15, 0.2) is 0 Å². The Labute approximate surface area is 235 Å². The van der Waals surface area contributed by atoms with Crippen LogP contribution in [-0.2, 0) is 4.79 Å². The topological polar surface area (TPSA) is 136 Å². The van der Waals surface area contributed by atoms with E-state index in [1.807, 2.05) is 54.3 Å². The summed E-state index contributed by atoms with van der Waals surface area (Å²) in [5, 5.41) is 14.8. The Hall–Kier alpha value is -4.31. The van der Waals surface area contributed by atoms with Gasteiger partial charge in [-0.1, -0.05) is 6.42 Å². The number of hydrogen-bond acceptors (Lipinski definition) is 5. The van der Waals surface area contributed by atoms with Gasteiger partial charge >= 0.3 is 12.0 Å². The SMILES string of the molecule is C1=Cc2cc3ccc(cc4ccc(cc5nc(cc1n2)C=C5)[nH]4)[nH]3.O=C(O)CCCC[C@@H]1SC[C@@H]2NC(=O)N[C@@H]21. The second-order valence-corrected chi connectivity index (χ2v) is 11.4. The molecule has 0 saturated carbocycles. The van der Waals surface area contributed by atoms with Gasteiger partial charge in [0.05, 0.1) is 34.9 Å². The molecule has 0 unspecified atom stereocenters. The summed E-state index contributed by atoms with van der Waals surface area (Å²) in [5.74, 6) is 0.236. The third-order valence-electron chi connectivity index (χ3n) is 7.11. The van der Waals surface area contributed by atoms with Gasteiger partial charge in [0.1, 0.15) is 0 Å². The number of rotatable bonds is 5. The summed E-state index contributed by atoms with van der Waals surface area (Å²) >= 11 is 1.87. The van der Waals surface area contributed by atoms with E-state index in [0.29, 0.717) is 5.25 Å². The first kappa shape index (κ1) is 25.9. The Balaban J connectivity index is 0.000000158. The molecule has 0 aromatic carbocycles. The van der Waals surface area contributed by atoms with Crippen molar-refractivity contribution in [3.8, 4) is 0 Å². The van der Waals surface area contributed by atoms with Gasteiger partial charge in [-0.2, -0.15) is 11.8 Å². The number of carbonyl (C=O) groups is 2. The van der Waals surface area contributed by atoms with Crippen molar-refractivity contribution < 1.29 is 14.7 Å². The summed E-state index contributed by atoms with van der Waals surface area (Å²) in [6.07, 6.45) is 10.9. The Bertz CT molecular complexity index is 1570. The van der Waals surface area contributed by atoms with E-state index in [1.54, 1.807) is 0 Å². The maximum atomic E-state index is 11.1. The molecule has 2 amide bonds. The van der Waals surface area contributed by atoms with Crippen molar-refractivity contribution in [3.05, 3.63) is 71.3 Å². The number of aliphatic carboxylic acids is 1. The molecule has 10 heteroatoms. The highest BCUT2D eigenvalue weighted by molar-refractivity contribution is 8.00. The molecule has 0 spiro atoms. The van der Waals surface area contributed by atoms with Gasteiger partial charge in [-0.3, -0.25) is 4.79 Å². The van der Waals surface area contributed by atoms with Gasteiger partial charge in [0.2, 0.25) is 0 Å². The Morgan fingerprint density at radius 2 is 1.35 bits per heavy atom. The lowest BCUT2D eigenvalue weighted by Crippen LogP contribution is -2.36. The van der Waals surface area contributed by atoms with Crippen LogP contribution in [0.3, 0.4) is 0 Å². The quantitative estimate of drug-likeness (QED) is 0.145. The summed E-state index contributed by atoms with van der Waals surface area (Å²) in [6.45, 7) is 0. The van der Waals surface area contributed by atoms with E-state index in [4.69, 9.17) is 5.11 Å². The molecule has 4 aliphatic rings. The zero-order chi connectivity index (χ0) is 27.5. The largest absolute Gasteiger partial charge is 0.481 e. The van der Waals surface area contributed by atoms with Crippen molar-refractivity contribution >= 4 is 70.1 Å². The summed E-state index contributed by atoms with van der Waals surface area (Å²) in [4.78, 5) is 37.5. The van der Waals surface area contributed by atoms with Crippen molar-refractivity contribution in [2.75, 3.05) is 5.75 Å². The molecule has 2 saturated heterocycles. The molecule has 0 aliphatic carbocycles. The lowest BCUT2D eigenvalue weighted by Gasteiger charge is -2.16. The number of aromatic nitrogens is 4. The van der Waals surface area contributed by atoms with Crippen LogP contribution in [0.4, 0.5) is 4.79 Å². The molecule has 4 aliphatic heterocycles. The van der Waals surface area contributed by atoms with Crippen LogP contribution >= 0.6 is 11.8 Å². The first-order valence-corrected chi connectivity index (χ1v) is 14.5. The van der Waals surface area contributed by atoms with Crippen LogP contribution < -0.4 is 10.6 Å². The van der Waals surface area contributed by atoms with Crippen LogP contribution in [-0.4, -0.2) is 60.1 Å². The number of carboxylic acids is 1. The van der Waals surface area contributed by atoms with Crippen LogP contribution in [0.2, 0.25) is 0 Å². The van der Waals surface area contributed by atoms with E-state index < -0.39 is 5.97 Å². The van der Waals surface area contributed by atoms with E-state index in [1.165, 1.54) is 0 Å². The average Bonchev–Trinajstić information content (AvgIpc) is 3.74. The van der Waals surface area contributed by atoms with Crippen LogP contribution in [0.1, 0.15) is 48.5 Å². The summed E-state index contributed by atoms with van der Waals surface area (Å²) in [5.41, 5.74) is 7.86. The minimum absolute atomic E-state index is 0.0640. The van der Waals surface area contributed by atoms with Gasteiger partial charge in [0, 0.05) is 39.5 Å². The maximum absolute atomic E-state index is 11.1. The van der Waals surface area contributed by atoms with E-state index in [0.717, 1.165) is 69.9 Å². The predicted octanol–water partition coefficient (Wildman–Crippen LogP) is 5.45.